The van der Waals surface area contributed by atoms with E-state index in [2.05, 4.69) is 0 Å². The Morgan fingerprint density at radius 3 is 2.58 bits per heavy atom. The predicted octanol–water partition coefficient (Wildman–Crippen LogP) is 1.72. The number of fused-ring (bicyclic) bond motifs is 2. The summed E-state index contributed by atoms with van der Waals surface area (Å²) in [5.74, 6) is -1.78. The number of sulfonamides is 1. The Morgan fingerprint density at radius 1 is 1.26 bits per heavy atom. The van der Waals surface area contributed by atoms with Crippen LogP contribution in [-0.2, 0) is 10.0 Å². The van der Waals surface area contributed by atoms with Gasteiger partial charge in [0, 0.05) is 12.6 Å². The van der Waals surface area contributed by atoms with Crippen molar-refractivity contribution >= 4 is 15.7 Å². The molecule has 2 N–H and O–H groups in total. The third kappa shape index (κ3) is 1.83. The number of piperidine rings is 1. The van der Waals surface area contributed by atoms with E-state index < -0.39 is 32.2 Å². The minimum absolute atomic E-state index is 0.0549. The molecule has 0 spiro atoms. The molecule has 3 rings (SSSR count). The molecule has 1 aliphatic carbocycles. The molecule has 1 saturated heterocycles. The van der Waals surface area contributed by atoms with Crippen molar-refractivity contribution < 1.29 is 17.2 Å². The van der Waals surface area contributed by atoms with Gasteiger partial charge in [0.05, 0.1) is 0 Å². The average molecular weight is 288 g/mol. The second kappa shape index (κ2) is 4.14. The zero-order valence-electron chi connectivity index (χ0n) is 10.1. The Kier molecular flexibility index (Phi) is 2.79. The summed E-state index contributed by atoms with van der Waals surface area (Å²) in [6, 6.07) is 1.78. The number of hydrogen-bond acceptors (Lipinski definition) is 3. The number of nitrogens with two attached hydrogens (primary N) is 1. The molecule has 7 heteroatoms. The van der Waals surface area contributed by atoms with Gasteiger partial charge in [0.15, 0.2) is 5.82 Å². The lowest BCUT2D eigenvalue weighted by atomic mass is 10.1. The van der Waals surface area contributed by atoms with E-state index in [1.165, 1.54) is 4.31 Å². The Morgan fingerprint density at radius 2 is 2.00 bits per heavy atom. The van der Waals surface area contributed by atoms with Gasteiger partial charge >= 0.3 is 0 Å². The minimum Gasteiger partial charge on any atom is -0.394 e. The van der Waals surface area contributed by atoms with Crippen LogP contribution in [0.1, 0.15) is 19.3 Å². The second-order valence-corrected chi connectivity index (χ2v) is 7.04. The lowest BCUT2D eigenvalue weighted by Gasteiger charge is -2.26. The molecule has 2 fully saturated rings. The van der Waals surface area contributed by atoms with Crippen LogP contribution in [0, 0.1) is 17.6 Å². The predicted molar refractivity (Wildman–Crippen MR) is 65.8 cm³/mol. The lowest BCUT2D eigenvalue weighted by molar-refractivity contribution is 0.332. The average Bonchev–Trinajstić information content (AvgIpc) is 2.98. The summed E-state index contributed by atoms with van der Waals surface area (Å²) in [4.78, 5) is -0.529. The van der Waals surface area contributed by atoms with E-state index >= 15 is 0 Å². The van der Waals surface area contributed by atoms with Crippen LogP contribution in [0.15, 0.2) is 17.0 Å². The van der Waals surface area contributed by atoms with E-state index in [1.807, 2.05) is 0 Å². The molecule has 4 nitrogen and oxygen atoms in total. The second-order valence-electron chi connectivity index (χ2n) is 5.18. The van der Waals surface area contributed by atoms with E-state index in [-0.39, 0.29) is 6.04 Å². The van der Waals surface area contributed by atoms with Gasteiger partial charge in [0.2, 0.25) is 10.0 Å². The Balaban J connectivity index is 2.04. The zero-order valence-corrected chi connectivity index (χ0v) is 11.0. The van der Waals surface area contributed by atoms with E-state index in [1.54, 1.807) is 0 Å². The zero-order chi connectivity index (χ0) is 13.8. The van der Waals surface area contributed by atoms with Crippen molar-refractivity contribution in [3.05, 3.63) is 23.8 Å². The third-order valence-electron chi connectivity index (χ3n) is 4.04. The van der Waals surface area contributed by atoms with E-state index in [9.17, 15) is 17.2 Å². The van der Waals surface area contributed by atoms with E-state index in [0.29, 0.717) is 12.5 Å². The highest BCUT2D eigenvalue weighted by Gasteiger charge is 2.45. The summed E-state index contributed by atoms with van der Waals surface area (Å²) >= 11 is 0. The summed E-state index contributed by atoms with van der Waals surface area (Å²) in [7, 11) is -3.93. The summed E-state index contributed by atoms with van der Waals surface area (Å²) in [6.45, 7) is 0.420. The number of halogens is 2. The van der Waals surface area contributed by atoms with Gasteiger partial charge in [0.25, 0.3) is 0 Å². The lowest BCUT2D eigenvalue weighted by Crippen LogP contribution is -2.38. The van der Waals surface area contributed by atoms with Crippen LogP contribution in [0.5, 0.6) is 0 Å². The van der Waals surface area contributed by atoms with E-state index in [0.717, 1.165) is 31.4 Å². The van der Waals surface area contributed by atoms with Crippen LogP contribution in [0.4, 0.5) is 14.5 Å². The van der Waals surface area contributed by atoms with Crippen LogP contribution in [-0.4, -0.2) is 25.3 Å². The van der Waals surface area contributed by atoms with Crippen LogP contribution in [0.25, 0.3) is 0 Å². The van der Waals surface area contributed by atoms with Gasteiger partial charge in [-0.05, 0) is 37.3 Å². The number of nitrogen functional groups attached to an aromatic ring is 1. The quantitative estimate of drug-likeness (QED) is 0.843. The number of hydrogen-bond donors (Lipinski definition) is 1. The molecule has 0 aromatic heterocycles. The van der Waals surface area contributed by atoms with Crippen molar-refractivity contribution in [1.29, 1.82) is 0 Å². The molecule has 19 heavy (non-hydrogen) atoms. The maximum absolute atomic E-state index is 13.9. The van der Waals surface area contributed by atoms with Crippen LogP contribution in [0.2, 0.25) is 0 Å². The molecule has 1 aromatic rings. The first-order valence-electron chi connectivity index (χ1n) is 6.16. The Labute approximate surface area is 110 Å². The number of benzene rings is 1. The van der Waals surface area contributed by atoms with Crippen molar-refractivity contribution in [2.24, 2.45) is 5.92 Å². The molecule has 2 unspecified atom stereocenters. The van der Waals surface area contributed by atoms with Gasteiger partial charge in [-0.2, -0.15) is 4.31 Å². The molecule has 1 heterocycles. The first kappa shape index (κ1) is 12.8. The monoisotopic (exact) mass is 288 g/mol. The summed E-state index contributed by atoms with van der Waals surface area (Å²) in [5, 5.41) is 0. The Hall–Kier alpha value is -1.21. The first-order valence-corrected chi connectivity index (χ1v) is 7.60. The molecule has 1 aromatic carbocycles. The number of anilines is 1. The van der Waals surface area contributed by atoms with Gasteiger partial charge in [-0.15, -0.1) is 0 Å². The third-order valence-corrected chi connectivity index (χ3v) is 5.97. The molecule has 2 bridgehead atoms. The summed E-state index contributed by atoms with van der Waals surface area (Å²) in [6.07, 6.45) is 2.66. The van der Waals surface area contributed by atoms with Gasteiger partial charge in [-0.25, -0.2) is 17.2 Å². The molecule has 0 amide bonds. The largest absolute Gasteiger partial charge is 0.394 e. The van der Waals surface area contributed by atoms with Crippen LogP contribution >= 0.6 is 0 Å². The topological polar surface area (TPSA) is 63.4 Å². The van der Waals surface area contributed by atoms with Gasteiger partial charge in [-0.3, -0.25) is 0 Å². The molecule has 1 saturated carbocycles. The van der Waals surface area contributed by atoms with Crippen molar-refractivity contribution in [2.45, 2.75) is 30.2 Å². The highest BCUT2D eigenvalue weighted by Crippen LogP contribution is 2.41. The van der Waals surface area contributed by atoms with Gasteiger partial charge in [0.1, 0.15) is 16.4 Å². The highest BCUT2D eigenvalue weighted by atomic mass is 32.2. The van der Waals surface area contributed by atoms with Crippen molar-refractivity contribution in [1.82, 2.24) is 4.31 Å². The van der Waals surface area contributed by atoms with Crippen LogP contribution < -0.4 is 5.73 Å². The molecule has 104 valence electrons. The van der Waals surface area contributed by atoms with Crippen molar-refractivity contribution in [2.75, 3.05) is 12.3 Å². The standard InChI is InChI=1S/C12H14F2N2O2S/c13-9-3-4-10(11(14)12(9)15)19(17,18)16-6-7-1-2-8(16)5-7/h3-4,7-8H,1-2,5-6,15H2. The molecule has 1 aliphatic heterocycles. The maximum Gasteiger partial charge on any atom is 0.246 e. The highest BCUT2D eigenvalue weighted by molar-refractivity contribution is 7.89. The molecule has 2 atom stereocenters. The fraction of sp³-hybridized carbons (Fsp3) is 0.500. The normalized spacial score (nSPS) is 27.1. The SMILES string of the molecule is Nc1c(F)ccc(S(=O)(=O)N2CC3CCC2C3)c1F. The fourth-order valence-corrected chi connectivity index (χ4v) is 4.87. The maximum atomic E-state index is 13.9. The number of nitrogens with zero attached hydrogens (tertiary/aromatic N) is 1. The summed E-state index contributed by atoms with van der Waals surface area (Å²) in [5.41, 5.74) is 4.48. The smallest absolute Gasteiger partial charge is 0.246 e. The first-order chi connectivity index (χ1) is 8.91. The van der Waals surface area contributed by atoms with Crippen molar-refractivity contribution in [3.63, 3.8) is 0 Å². The molecule has 2 aliphatic rings. The van der Waals surface area contributed by atoms with Gasteiger partial charge in [-0.1, -0.05) is 0 Å². The molecular weight excluding hydrogens is 274 g/mol. The minimum atomic E-state index is -3.93. The van der Waals surface area contributed by atoms with E-state index in [4.69, 9.17) is 5.73 Å². The Bertz CT molecular complexity index is 633. The van der Waals surface area contributed by atoms with Crippen LogP contribution in [0.3, 0.4) is 0 Å². The number of rotatable bonds is 2. The van der Waals surface area contributed by atoms with Crippen molar-refractivity contribution in [3.8, 4) is 0 Å². The molecule has 0 radical (unpaired) electrons. The van der Waals surface area contributed by atoms with Gasteiger partial charge < -0.3 is 5.73 Å². The fourth-order valence-electron chi connectivity index (χ4n) is 3.05. The summed E-state index contributed by atoms with van der Waals surface area (Å²) < 4.78 is 53.1. The molecular formula is C12H14F2N2O2S.